The molecule has 19 heavy (non-hydrogen) atoms. The molecule has 0 aliphatic heterocycles. The Morgan fingerprint density at radius 3 is 3.00 bits per heavy atom. The van der Waals surface area contributed by atoms with Crippen LogP contribution in [0.4, 0.5) is 0 Å². The van der Waals surface area contributed by atoms with E-state index in [4.69, 9.17) is 17.0 Å². The van der Waals surface area contributed by atoms with Crippen LogP contribution in [0.15, 0.2) is 42.0 Å². The van der Waals surface area contributed by atoms with E-state index in [0.29, 0.717) is 11.7 Å². The summed E-state index contributed by atoms with van der Waals surface area (Å²) in [6, 6.07) is 7.71. The molecule has 0 atom stereocenters. The average Bonchev–Trinajstić information content (AvgIpc) is 2.36. The molecule has 0 unspecified atom stereocenters. The van der Waals surface area contributed by atoms with Gasteiger partial charge in [0.1, 0.15) is 5.75 Å². The topological polar surface area (TPSA) is 45.7 Å². The number of rotatable bonds is 6. The van der Waals surface area contributed by atoms with Crippen molar-refractivity contribution in [3.63, 3.8) is 0 Å². The molecule has 1 rings (SSSR count). The second-order valence-electron chi connectivity index (χ2n) is 4.11. The molecule has 0 saturated carbocycles. The summed E-state index contributed by atoms with van der Waals surface area (Å²) < 4.78 is 5.60. The van der Waals surface area contributed by atoms with E-state index in [1.165, 1.54) is 0 Å². The van der Waals surface area contributed by atoms with Crippen LogP contribution in [0.1, 0.15) is 19.4 Å². The van der Waals surface area contributed by atoms with Gasteiger partial charge in [-0.05, 0) is 43.8 Å². The first kappa shape index (κ1) is 15.2. The first-order chi connectivity index (χ1) is 9.11. The van der Waals surface area contributed by atoms with Gasteiger partial charge in [-0.15, -0.1) is 6.58 Å². The van der Waals surface area contributed by atoms with Crippen LogP contribution >= 0.6 is 12.2 Å². The van der Waals surface area contributed by atoms with E-state index in [1.807, 2.05) is 38.1 Å². The standard InChI is InChI=1S/C14H19N3OS/c1-4-8-15-14(19)17-16-10-12-6-5-7-13(9-12)18-11(2)3/h4-7,9-11H,1,8H2,2-3H3,(H2,15,17,19)/b16-10+. The van der Waals surface area contributed by atoms with Gasteiger partial charge in [0.2, 0.25) is 0 Å². The highest BCUT2D eigenvalue weighted by Crippen LogP contribution is 2.13. The number of hydrazone groups is 1. The zero-order chi connectivity index (χ0) is 14.1. The number of hydrogen-bond donors (Lipinski definition) is 2. The van der Waals surface area contributed by atoms with E-state index in [9.17, 15) is 0 Å². The summed E-state index contributed by atoms with van der Waals surface area (Å²) in [4.78, 5) is 0. The number of nitrogens with zero attached hydrogens (tertiary/aromatic N) is 1. The van der Waals surface area contributed by atoms with Gasteiger partial charge in [-0.1, -0.05) is 18.2 Å². The molecule has 102 valence electrons. The average molecular weight is 277 g/mol. The number of benzene rings is 1. The molecule has 0 fully saturated rings. The lowest BCUT2D eigenvalue weighted by atomic mass is 10.2. The van der Waals surface area contributed by atoms with E-state index < -0.39 is 0 Å². The first-order valence-corrected chi connectivity index (χ1v) is 6.47. The van der Waals surface area contributed by atoms with Crippen LogP contribution in [0.25, 0.3) is 0 Å². The number of nitrogens with one attached hydrogen (secondary N) is 2. The molecule has 2 N–H and O–H groups in total. The van der Waals surface area contributed by atoms with E-state index in [2.05, 4.69) is 22.4 Å². The van der Waals surface area contributed by atoms with Crippen molar-refractivity contribution in [1.29, 1.82) is 0 Å². The van der Waals surface area contributed by atoms with E-state index >= 15 is 0 Å². The van der Waals surface area contributed by atoms with Gasteiger partial charge in [-0.3, -0.25) is 5.43 Å². The fourth-order valence-corrected chi connectivity index (χ4v) is 1.45. The SMILES string of the molecule is C=CCNC(=S)N/N=C/c1cccc(OC(C)C)c1. The van der Waals surface area contributed by atoms with Gasteiger partial charge in [-0.25, -0.2) is 0 Å². The van der Waals surface area contributed by atoms with Crippen LogP contribution in [0.2, 0.25) is 0 Å². The molecule has 4 nitrogen and oxygen atoms in total. The van der Waals surface area contributed by atoms with E-state index in [-0.39, 0.29) is 6.10 Å². The second-order valence-corrected chi connectivity index (χ2v) is 4.52. The van der Waals surface area contributed by atoms with Crippen LogP contribution in [0.5, 0.6) is 5.75 Å². The largest absolute Gasteiger partial charge is 0.491 e. The third-order valence-electron chi connectivity index (χ3n) is 2.02. The molecule has 0 aliphatic rings. The van der Waals surface area contributed by atoms with Crippen molar-refractivity contribution in [1.82, 2.24) is 10.7 Å². The highest BCUT2D eigenvalue weighted by atomic mass is 32.1. The molecular formula is C14H19N3OS. The number of hydrogen-bond acceptors (Lipinski definition) is 3. The molecule has 1 aromatic rings. The molecule has 0 aromatic heterocycles. The van der Waals surface area contributed by atoms with E-state index in [1.54, 1.807) is 12.3 Å². The lowest BCUT2D eigenvalue weighted by molar-refractivity contribution is 0.242. The van der Waals surface area contributed by atoms with Crippen molar-refractivity contribution in [2.24, 2.45) is 5.10 Å². The lowest BCUT2D eigenvalue weighted by Crippen LogP contribution is -2.31. The third kappa shape index (κ3) is 6.57. The van der Waals surface area contributed by atoms with Crippen LogP contribution in [-0.2, 0) is 0 Å². The Morgan fingerprint density at radius 1 is 1.53 bits per heavy atom. The maximum absolute atomic E-state index is 5.60. The summed E-state index contributed by atoms with van der Waals surface area (Å²) in [5.41, 5.74) is 3.67. The van der Waals surface area contributed by atoms with Crippen LogP contribution in [0.3, 0.4) is 0 Å². The van der Waals surface area contributed by atoms with Crippen LogP contribution in [-0.4, -0.2) is 24.0 Å². The highest BCUT2D eigenvalue weighted by molar-refractivity contribution is 7.80. The van der Waals surface area contributed by atoms with E-state index in [0.717, 1.165) is 11.3 Å². The molecular weight excluding hydrogens is 258 g/mol. The van der Waals surface area contributed by atoms with Gasteiger partial charge >= 0.3 is 0 Å². The highest BCUT2D eigenvalue weighted by Gasteiger charge is 1.97. The Hall–Kier alpha value is -1.88. The summed E-state index contributed by atoms with van der Waals surface area (Å²) in [6.45, 7) is 8.19. The summed E-state index contributed by atoms with van der Waals surface area (Å²) >= 11 is 5.01. The van der Waals surface area contributed by atoms with Gasteiger partial charge in [0.25, 0.3) is 0 Å². The first-order valence-electron chi connectivity index (χ1n) is 6.06. The molecule has 0 saturated heterocycles. The molecule has 0 spiro atoms. The predicted molar refractivity (Wildman–Crippen MR) is 83.7 cm³/mol. The fourth-order valence-electron chi connectivity index (χ4n) is 1.31. The van der Waals surface area contributed by atoms with Gasteiger partial charge < -0.3 is 10.1 Å². The van der Waals surface area contributed by atoms with Gasteiger partial charge in [0, 0.05) is 6.54 Å². The minimum Gasteiger partial charge on any atom is -0.491 e. The van der Waals surface area contributed by atoms with Gasteiger partial charge in [0.15, 0.2) is 5.11 Å². The Bertz CT molecular complexity index is 458. The molecule has 5 heteroatoms. The monoisotopic (exact) mass is 277 g/mol. The number of ether oxygens (including phenoxy) is 1. The van der Waals surface area contributed by atoms with Gasteiger partial charge in [0.05, 0.1) is 12.3 Å². The normalized spacial score (nSPS) is 10.5. The second kappa shape index (κ2) is 8.26. The van der Waals surface area contributed by atoms with Crippen molar-refractivity contribution in [3.8, 4) is 5.75 Å². The van der Waals surface area contributed by atoms with Gasteiger partial charge in [-0.2, -0.15) is 5.10 Å². The zero-order valence-electron chi connectivity index (χ0n) is 11.2. The summed E-state index contributed by atoms with van der Waals surface area (Å²) in [5, 5.41) is 7.43. The summed E-state index contributed by atoms with van der Waals surface area (Å²) in [6.07, 6.45) is 3.57. The van der Waals surface area contributed by atoms with Crippen LogP contribution < -0.4 is 15.5 Å². The zero-order valence-corrected chi connectivity index (χ0v) is 12.0. The Balaban J connectivity index is 2.52. The molecule has 0 bridgehead atoms. The maximum Gasteiger partial charge on any atom is 0.187 e. The maximum atomic E-state index is 5.60. The predicted octanol–water partition coefficient (Wildman–Crippen LogP) is 2.46. The molecule has 0 amide bonds. The summed E-state index contributed by atoms with van der Waals surface area (Å²) in [5.74, 6) is 0.825. The van der Waals surface area contributed by atoms with Crippen molar-refractivity contribution in [2.45, 2.75) is 20.0 Å². The molecule has 0 radical (unpaired) electrons. The minimum atomic E-state index is 0.154. The van der Waals surface area contributed by atoms with Crippen molar-refractivity contribution in [3.05, 3.63) is 42.5 Å². The third-order valence-corrected chi connectivity index (χ3v) is 2.25. The molecule has 1 aromatic carbocycles. The Kier molecular flexibility index (Phi) is 6.60. The fraction of sp³-hybridized carbons (Fsp3) is 0.286. The Morgan fingerprint density at radius 2 is 2.32 bits per heavy atom. The summed E-state index contributed by atoms with van der Waals surface area (Å²) in [7, 11) is 0. The van der Waals surface area contributed by atoms with Crippen molar-refractivity contribution >= 4 is 23.5 Å². The molecule has 0 aliphatic carbocycles. The van der Waals surface area contributed by atoms with Crippen LogP contribution in [0, 0.1) is 0 Å². The number of thiocarbonyl (C=S) groups is 1. The van der Waals surface area contributed by atoms with Crippen molar-refractivity contribution in [2.75, 3.05) is 6.54 Å². The van der Waals surface area contributed by atoms with Crippen molar-refractivity contribution < 1.29 is 4.74 Å². The minimum absolute atomic E-state index is 0.154. The Labute approximate surface area is 119 Å². The smallest absolute Gasteiger partial charge is 0.187 e. The lowest BCUT2D eigenvalue weighted by Gasteiger charge is -2.09. The quantitative estimate of drug-likeness (QED) is 0.363. The molecule has 0 heterocycles.